The van der Waals surface area contributed by atoms with Gasteiger partial charge in [0.2, 0.25) is 5.88 Å². The lowest BCUT2D eigenvalue weighted by molar-refractivity contribution is -0.0772. The molecule has 0 bridgehead atoms. The molecule has 1 saturated heterocycles. The maximum absolute atomic E-state index is 13.4. The van der Waals surface area contributed by atoms with Crippen LogP contribution in [0.15, 0.2) is 48.7 Å². The third-order valence-electron chi connectivity index (χ3n) is 10.4. The second kappa shape index (κ2) is 14.2. The number of anilines is 1. The Morgan fingerprint density at radius 1 is 1.04 bits per heavy atom. The topological polar surface area (TPSA) is 92.7 Å². The largest absolute Gasteiger partial charge is 0.480 e. The molecule has 1 fully saturated rings. The summed E-state index contributed by atoms with van der Waals surface area (Å²) in [6, 6.07) is 13.0. The Hall–Kier alpha value is -3.38. The lowest BCUT2D eigenvalue weighted by Crippen LogP contribution is -2.65. The zero-order chi connectivity index (χ0) is 36.9. The number of rotatable bonds is 9. The molecule has 2 aromatic carbocycles. The van der Waals surface area contributed by atoms with E-state index < -0.39 is 8.32 Å². The number of methoxy groups -OCH3 is 1. The van der Waals surface area contributed by atoms with Gasteiger partial charge in [-0.2, -0.15) is 0 Å². The molecular formula is C39H48Cl2N6O3Si. The van der Waals surface area contributed by atoms with Crippen molar-refractivity contribution in [1.82, 2.24) is 24.8 Å². The van der Waals surface area contributed by atoms with Gasteiger partial charge in [0.15, 0.2) is 8.32 Å². The van der Waals surface area contributed by atoms with Crippen LogP contribution in [-0.4, -0.2) is 78.4 Å². The molecule has 9 nitrogen and oxygen atoms in total. The number of aromatic nitrogens is 3. The highest BCUT2D eigenvalue weighted by atomic mass is 35.5. The summed E-state index contributed by atoms with van der Waals surface area (Å²) in [5, 5.41) is 3.97. The van der Waals surface area contributed by atoms with Gasteiger partial charge in [-0.05, 0) is 68.7 Å². The molecule has 4 heterocycles. The predicted molar refractivity (Wildman–Crippen MR) is 208 cm³/mol. The number of carbonyl (C=O) groups excluding carboxylic acids is 1. The Balaban J connectivity index is 1.20. The number of carbonyl (C=O) groups is 1. The van der Waals surface area contributed by atoms with Gasteiger partial charge in [-0.15, -0.1) is 0 Å². The number of likely N-dealkylation sites (N-methyl/N-ethyl adjacent to an activating group) is 1. The maximum Gasteiger partial charge on any atom is 0.274 e. The van der Waals surface area contributed by atoms with Crippen LogP contribution in [0.1, 0.15) is 60.7 Å². The van der Waals surface area contributed by atoms with Crippen LogP contribution in [0.4, 0.5) is 5.69 Å². The van der Waals surface area contributed by atoms with E-state index >= 15 is 0 Å². The van der Waals surface area contributed by atoms with Gasteiger partial charge in [0.05, 0.1) is 46.0 Å². The molecule has 4 aromatic rings. The minimum atomic E-state index is -1.89. The van der Waals surface area contributed by atoms with E-state index in [0.29, 0.717) is 62.8 Å². The summed E-state index contributed by atoms with van der Waals surface area (Å²) >= 11 is 14.0. The first-order valence-electron chi connectivity index (χ1n) is 17.4. The number of nitrogens with zero attached hydrogens (tertiary/aromatic N) is 5. The molecule has 270 valence electrons. The van der Waals surface area contributed by atoms with Crippen molar-refractivity contribution in [1.29, 1.82) is 0 Å². The van der Waals surface area contributed by atoms with E-state index in [1.807, 2.05) is 43.3 Å². The fraction of sp³-hybridized carbons (Fsp3) is 0.436. The smallest absolute Gasteiger partial charge is 0.274 e. The highest BCUT2D eigenvalue weighted by Crippen LogP contribution is 2.43. The fourth-order valence-electron chi connectivity index (χ4n) is 6.81. The van der Waals surface area contributed by atoms with Crippen molar-refractivity contribution in [2.45, 2.75) is 77.9 Å². The van der Waals surface area contributed by atoms with Gasteiger partial charge in [0.25, 0.3) is 5.91 Å². The Morgan fingerprint density at radius 3 is 2.39 bits per heavy atom. The number of aryl methyl sites for hydroxylation is 1. The molecule has 0 radical (unpaired) electrons. The van der Waals surface area contributed by atoms with E-state index in [2.05, 4.69) is 63.0 Å². The standard InChI is InChI=1S/C39H48Cl2N6O3Si/c1-24-18-30(43-32-20-46(6)17-16-25(24)32)36(48)44-29-15-11-13-27(35(29)41)26-12-10-14-28(34(26)40)31-19-42-33(37(45-31)49-7)21-47-22-39(5,23-47)50-51(8,9)38(2,3)4/h10-15,18-19H,16-17,20-23H2,1-9H3,(H,44,48). The van der Waals surface area contributed by atoms with Gasteiger partial charge in [-0.1, -0.05) is 74.3 Å². The van der Waals surface area contributed by atoms with Crippen molar-refractivity contribution >= 4 is 43.1 Å². The Labute approximate surface area is 312 Å². The summed E-state index contributed by atoms with van der Waals surface area (Å²) < 4.78 is 12.5. The van der Waals surface area contributed by atoms with Crippen molar-refractivity contribution in [2.75, 3.05) is 39.1 Å². The number of pyridine rings is 1. The fourth-order valence-corrected chi connectivity index (χ4v) is 9.07. The van der Waals surface area contributed by atoms with Crippen LogP contribution in [-0.2, 0) is 23.9 Å². The molecule has 51 heavy (non-hydrogen) atoms. The zero-order valence-corrected chi connectivity index (χ0v) is 33.6. The zero-order valence-electron chi connectivity index (χ0n) is 31.1. The molecule has 0 aliphatic carbocycles. The Kier molecular flexibility index (Phi) is 10.4. The average Bonchev–Trinajstić information content (AvgIpc) is 3.04. The van der Waals surface area contributed by atoms with Crippen LogP contribution in [0, 0.1) is 6.92 Å². The maximum atomic E-state index is 13.4. The van der Waals surface area contributed by atoms with Crippen LogP contribution < -0.4 is 10.1 Å². The number of benzene rings is 2. The number of amides is 1. The second-order valence-electron chi connectivity index (χ2n) is 15.7. The summed E-state index contributed by atoms with van der Waals surface area (Å²) in [6.07, 6.45) is 2.66. The number of hydrogen-bond acceptors (Lipinski definition) is 8. The third kappa shape index (κ3) is 7.72. The van der Waals surface area contributed by atoms with Crippen molar-refractivity contribution in [3.05, 3.63) is 86.9 Å². The Bertz CT molecular complexity index is 1980. The minimum absolute atomic E-state index is 0.153. The highest BCUT2D eigenvalue weighted by Gasteiger charge is 2.48. The number of hydrogen-bond donors (Lipinski definition) is 1. The third-order valence-corrected chi connectivity index (χ3v) is 15.9. The highest BCUT2D eigenvalue weighted by molar-refractivity contribution is 6.74. The molecule has 0 atom stereocenters. The van der Waals surface area contributed by atoms with Crippen LogP contribution in [0.3, 0.4) is 0 Å². The van der Waals surface area contributed by atoms with E-state index in [4.69, 9.17) is 47.3 Å². The van der Waals surface area contributed by atoms with Crippen molar-refractivity contribution in [3.63, 3.8) is 0 Å². The van der Waals surface area contributed by atoms with Crippen LogP contribution >= 0.6 is 23.2 Å². The lowest BCUT2D eigenvalue weighted by Gasteiger charge is -2.53. The lowest BCUT2D eigenvalue weighted by atomic mass is 9.97. The number of likely N-dealkylation sites (tertiary alicyclic amines) is 1. The Morgan fingerprint density at radius 2 is 1.71 bits per heavy atom. The number of halogens is 2. The van der Waals surface area contributed by atoms with Gasteiger partial charge in [0, 0.05) is 49.4 Å². The van der Waals surface area contributed by atoms with Crippen molar-refractivity contribution in [2.24, 2.45) is 0 Å². The van der Waals surface area contributed by atoms with Gasteiger partial charge < -0.3 is 19.4 Å². The molecule has 2 aliphatic heterocycles. The van der Waals surface area contributed by atoms with Gasteiger partial charge in [-0.3, -0.25) is 14.7 Å². The SMILES string of the molecule is COc1nc(-c2cccc(-c3cccc(NC(=O)c4cc(C)c5c(n4)CN(C)CC5)c3Cl)c2Cl)cnc1CN1CC(C)(O[Si](C)(C)C(C)(C)C)C1. The van der Waals surface area contributed by atoms with Crippen LogP contribution in [0.25, 0.3) is 22.4 Å². The molecular weight excluding hydrogens is 699 g/mol. The van der Waals surface area contributed by atoms with Gasteiger partial charge >= 0.3 is 0 Å². The molecule has 2 aliphatic rings. The minimum Gasteiger partial charge on any atom is -0.480 e. The summed E-state index contributed by atoms with van der Waals surface area (Å²) in [5.41, 5.74) is 7.30. The molecule has 1 N–H and O–H groups in total. The number of ether oxygens (including phenoxy) is 1. The molecule has 2 aromatic heterocycles. The second-order valence-corrected chi connectivity index (χ2v) is 21.2. The monoisotopic (exact) mass is 746 g/mol. The average molecular weight is 748 g/mol. The summed E-state index contributed by atoms with van der Waals surface area (Å²) in [5.74, 6) is 0.134. The van der Waals surface area contributed by atoms with Crippen LogP contribution in [0.2, 0.25) is 28.2 Å². The van der Waals surface area contributed by atoms with Crippen molar-refractivity contribution in [3.8, 4) is 28.3 Å². The summed E-state index contributed by atoms with van der Waals surface area (Å²) in [7, 11) is 1.78. The van der Waals surface area contributed by atoms with Gasteiger partial charge in [-0.25, -0.2) is 9.97 Å². The van der Waals surface area contributed by atoms with E-state index in [1.54, 1.807) is 19.4 Å². The molecule has 6 rings (SSSR count). The first-order valence-corrected chi connectivity index (χ1v) is 21.0. The predicted octanol–water partition coefficient (Wildman–Crippen LogP) is 8.67. The van der Waals surface area contributed by atoms with Crippen LogP contribution in [0.5, 0.6) is 5.88 Å². The summed E-state index contributed by atoms with van der Waals surface area (Å²) in [6.45, 7) is 19.6. The van der Waals surface area contributed by atoms with Gasteiger partial charge in [0.1, 0.15) is 11.4 Å². The molecule has 12 heteroatoms. The van der Waals surface area contributed by atoms with E-state index in [-0.39, 0.29) is 16.5 Å². The molecule has 0 unspecified atom stereocenters. The number of nitrogens with one attached hydrogen (secondary N) is 1. The van der Waals surface area contributed by atoms with E-state index in [9.17, 15) is 4.79 Å². The summed E-state index contributed by atoms with van der Waals surface area (Å²) in [4.78, 5) is 32.3. The van der Waals surface area contributed by atoms with E-state index in [1.165, 1.54) is 5.56 Å². The molecule has 0 saturated carbocycles. The first kappa shape index (κ1) is 37.4. The first-order chi connectivity index (χ1) is 24.0. The van der Waals surface area contributed by atoms with Crippen molar-refractivity contribution < 1.29 is 14.0 Å². The normalized spacial score (nSPS) is 16.4. The van der Waals surface area contributed by atoms with E-state index in [0.717, 1.165) is 43.0 Å². The molecule has 0 spiro atoms. The molecule has 1 amide bonds. The number of fused-ring (bicyclic) bond motifs is 1. The quantitative estimate of drug-likeness (QED) is 0.170.